The van der Waals surface area contributed by atoms with E-state index in [0.717, 1.165) is 5.56 Å². The third kappa shape index (κ3) is 5.30. The number of ether oxygens (including phenoxy) is 1. The molecule has 0 aliphatic rings. The van der Waals surface area contributed by atoms with E-state index in [1.807, 2.05) is 52.0 Å². The van der Waals surface area contributed by atoms with Crippen LogP contribution < -0.4 is 15.8 Å². The Kier molecular flexibility index (Phi) is 4.95. The number of hydrogen-bond donors (Lipinski definition) is 2. The largest absolute Gasteiger partial charge is 0.481 e. The molecule has 0 aromatic heterocycles. The lowest BCUT2D eigenvalue weighted by molar-refractivity contribution is -0.128. The van der Waals surface area contributed by atoms with E-state index in [4.69, 9.17) is 10.5 Å². The zero-order valence-electron chi connectivity index (χ0n) is 12.4. The van der Waals surface area contributed by atoms with E-state index in [9.17, 15) is 4.79 Å². The molecule has 0 fully saturated rings. The van der Waals surface area contributed by atoms with Crippen LogP contribution in [-0.4, -0.2) is 17.6 Å². The second-order valence-electron chi connectivity index (χ2n) is 5.86. The molecule has 1 aromatic carbocycles. The van der Waals surface area contributed by atoms with Crippen molar-refractivity contribution in [3.8, 4) is 5.75 Å². The average Bonchev–Trinajstić information content (AvgIpc) is 2.27. The fourth-order valence-electron chi connectivity index (χ4n) is 1.60. The van der Waals surface area contributed by atoms with Crippen molar-refractivity contribution in [3.05, 3.63) is 29.8 Å². The maximum absolute atomic E-state index is 11.9. The summed E-state index contributed by atoms with van der Waals surface area (Å²) in [6.07, 6.45) is -0.539. The maximum atomic E-state index is 11.9. The van der Waals surface area contributed by atoms with Crippen LogP contribution in [0.5, 0.6) is 5.75 Å². The minimum Gasteiger partial charge on any atom is -0.481 e. The standard InChI is InChI=1S/C15H24N2O2/c1-10(16)12-7-6-8-13(9-12)19-11(2)14(18)17-15(3,4)5/h6-11H,16H2,1-5H3,(H,17,18)/t10-,11?/m0/s1. The van der Waals surface area contributed by atoms with E-state index in [-0.39, 0.29) is 17.5 Å². The molecule has 1 amide bonds. The number of amides is 1. The van der Waals surface area contributed by atoms with Crippen molar-refractivity contribution in [2.24, 2.45) is 5.73 Å². The predicted octanol–water partition coefficient (Wildman–Crippen LogP) is 2.39. The monoisotopic (exact) mass is 264 g/mol. The molecule has 0 aliphatic heterocycles. The van der Waals surface area contributed by atoms with Crippen molar-refractivity contribution < 1.29 is 9.53 Å². The first-order valence-electron chi connectivity index (χ1n) is 6.53. The zero-order chi connectivity index (χ0) is 14.6. The summed E-state index contributed by atoms with van der Waals surface area (Å²) in [6, 6.07) is 7.46. The molecule has 2 atom stereocenters. The quantitative estimate of drug-likeness (QED) is 0.877. The predicted molar refractivity (Wildman–Crippen MR) is 77.0 cm³/mol. The van der Waals surface area contributed by atoms with Crippen molar-refractivity contribution in [3.63, 3.8) is 0 Å². The van der Waals surface area contributed by atoms with Crippen LogP contribution in [0.1, 0.15) is 46.2 Å². The number of hydrogen-bond acceptors (Lipinski definition) is 3. The second-order valence-corrected chi connectivity index (χ2v) is 5.86. The van der Waals surface area contributed by atoms with Crippen molar-refractivity contribution in [2.45, 2.75) is 52.3 Å². The van der Waals surface area contributed by atoms with E-state index in [1.165, 1.54) is 0 Å². The van der Waals surface area contributed by atoms with E-state index in [2.05, 4.69) is 5.32 Å². The van der Waals surface area contributed by atoms with Crippen LogP contribution in [0.3, 0.4) is 0 Å². The van der Waals surface area contributed by atoms with Gasteiger partial charge in [-0.1, -0.05) is 12.1 Å². The normalized spacial score (nSPS) is 14.6. The summed E-state index contributed by atoms with van der Waals surface area (Å²) < 4.78 is 5.65. The molecule has 0 aliphatic carbocycles. The minimum atomic E-state index is -0.539. The molecule has 4 heteroatoms. The molecule has 0 heterocycles. The maximum Gasteiger partial charge on any atom is 0.261 e. The van der Waals surface area contributed by atoms with Gasteiger partial charge in [-0.3, -0.25) is 4.79 Å². The summed E-state index contributed by atoms with van der Waals surface area (Å²) in [5, 5.41) is 2.89. The molecule has 0 bridgehead atoms. The minimum absolute atomic E-state index is 0.0535. The number of carbonyl (C=O) groups excluding carboxylic acids is 1. The summed E-state index contributed by atoms with van der Waals surface area (Å²) in [5.41, 5.74) is 6.55. The van der Waals surface area contributed by atoms with Gasteiger partial charge in [-0.25, -0.2) is 0 Å². The van der Waals surface area contributed by atoms with Crippen LogP contribution in [0.2, 0.25) is 0 Å². The molecule has 1 aromatic rings. The SMILES string of the molecule is CC(Oc1cccc([C@H](C)N)c1)C(=O)NC(C)(C)C. The van der Waals surface area contributed by atoms with Gasteiger partial charge in [0.15, 0.2) is 6.10 Å². The lowest BCUT2D eigenvalue weighted by Crippen LogP contribution is -2.46. The lowest BCUT2D eigenvalue weighted by atomic mass is 10.1. The molecule has 0 spiro atoms. The molecule has 0 saturated heterocycles. The van der Waals surface area contributed by atoms with Gasteiger partial charge < -0.3 is 15.8 Å². The zero-order valence-corrected chi connectivity index (χ0v) is 12.4. The van der Waals surface area contributed by atoms with Gasteiger partial charge in [0.2, 0.25) is 0 Å². The van der Waals surface area contributed by atoms with Gasteiger partial charge in [0.25, 0.3) is 5.91 Å². The summed E-state index contributed by atoms with van der Waals surface area (Å²) >= 11 is 0. The number of nitrogens with one attached hydrogen (secondary N) is 1. The Balaban J connectivity index is 2.69. The second kappa shape index (κ2) is 6.06. The molecular weight excluding hydrogens is 240 g/mol. The van der Waals surface area contributed by atoms with Crippen molar-refractivity contribution in [1.82, 2.24) is 5.32 Å². The fourth-order valence-corrected chi connectivity index (χ4v) is 1.60. The van der Waals surface area contributed by atoms with Crippen LogP contribution in [0.25, 0.3) is 0 Å². The Morgan fingerprint density at radius 3 is 2.47 bits per heavy atom. The van der Waals surface area contributed by atoms with Gasteiger partial charge in [0.05, 0.1) is 0 Å². The molecule has 1 rings (SSSR count). The molecule has 106 valence electrons. The Labute approximate surface area is 115 Å². The fraction of sp³-hybridized carbons (Fsp3) is 0.533. The molecule has 4 nitrogen and oxygen atoms in total. The van der Waals surface area contributed by atoms with Gasteiger partial charge in [0.1, 0.15) is 5.75 Å². The van der Waals surface area contributed by atoms with Crippen LogP contribution in [0.15, 0.2) is 24.3 Å². The van der Waals surface area contributed by atoms with E-state index in [1.54, 1.807) is 6.92 Å². The highest BCUT2D eigenvalue weighted by Gasteiger charge is 2.20. The summed E-state index contributed by atoms with van der Waals surface area (Å²) in [4.78, 5) is 11.9. The van der Waals surface area contributed by atoms with Crippen molar-refractivity contribution >= 4 is 5.91 Å². The Hall–Kier alpha value is -1.55. The molecule has 0 saturated carbocycles. The van der Waals surface area contributed by atoms with Crippen LogP contribution in [0.4, 0.5) is 0 Å². The summed E-state index contributed by atoms with van der Waals surface area (Å²) in [6.45, 7) is 9.46. The molecule has 19 heavy (non-hydrogen) atoms. The van der Waals surface area contributed by atoms with Gasteiger partial charge in [-0.15, -0.1) is 0 Å². The third-order valence-electron chi connectivity index (χ3n) is 2.56. The van der Waals surface area contributed by atoms with Crippen LogP contribution in [-0.2, 0) is 4.79 Å². The topological polar surface area (TPSA) is 64.3 Å². The summed E-state index contributed by atoms with van der Waals surface area (Å²) in [5.74, 6) is 0.532. The number of nitrogens with two attached hydrogens (primary N) is 1. The van der Waals surface area contributed by atoms with Crippen LogP contribution >= 0.6 is 0 Å². The van der Waals surface area contributed by atoms with E-state index < -0.39 is 6.10 Å². The Bertz CT molecular complexity index is 436. The first-order valence-corrected chi connectivity index (χ1v) is 6.53. The van der Waals surface area contributed by atoms with Gasteiger partial charge in [0, 0.05) is 11.6 Å². The van der Waals surface area contributed by atoms with Gasteiger partial charge in [-0.2, -0.15) is 0 Å². The third-order valence-corrected chi connectivity index (χ3v) is 2.56. The van der Waals surface area contributed by atoms with Gasteiger partial charge in [-0.05, 0) is 52.3 Å². The molecular formula is C15H24N2O2. The lowest BCUT2D eigenvalue weighted by Gasteiger charge is -2.23. The number of rotatable bonds is 4. The Morgan fingerprint density at radius 2 is 1.95 bits per heavy atom. The van der Waals surface area contributed by atoms with E-state index in [0.29, 0.717) is 5.75 Å². The van der Waals surface area contributed by atoms with Crippen LogP contribution in [0, 0.1) is 0 Å². The first-order chi connectivity index (χ1) is 8.69. The Morgan fingerprint density at radius 1 is 1.32 bits per heavy atom. The molecule has 0 radical (unpaired) electrons. The first kappa shape index (κ1) is 15.5. The van der Waals surface area contributed by atoms with Crippen molar-refractivity contribution in [2.75, 3.05) is 0 Å². The number of carbonyl (C=O) groups is 1. The summed E-state index contributed by atoms with van der Waals surface area (Å²) in [7, 11) is 0. The molecule has 3 N–H and O–H groups in total. The smallest absolute Gasteiger partial charge is 0.261 e. The number of benzene rings is 1. The average molecular weight is 264 g/mol. The highest BCUT2D eigenvalue weighted by Crippen LogP contribution is 2.18. The van der Waals surface area contributed by atoms with E-state index >= 15 is 0 Å². The van der Waals surface area contributed by atoms with Crippen molar-refractivity contribution in [1.29, 1.82) is 0 Å². The van der Waals surface area contributed by atoms with Gasteiger partial charge >= 0.3 is 0 Å². The highest BCUT2D eigenvalue weighted by molar-refractivity contribution is 5.81. The molecule has 1 unspecified atom stereocenters. The highest BCUT2D eigenvalue weighted by atomic mass is 16.5.